The Bertz CT molecular complexity index is 630. The first-order valence-electron chi connectivity index (χ1n) is 7.11. The molecule has 0 saturated heterocycles. The summed E-state index contributed by atoms with van der Waals surface area (Å²) in [5, 5.41) is 0. The second-order valence-electron chi connectivity index (χ2n) is 5.19. The molecular weight excluding hydrogens is 269 g/mol. The zero-order chi connectivity index (χ0) is 14.7. The molecule has 0 aromatic heterocycles. The monoisotopic (exact) mass is 287 g/mol. The normalized spacial score (nSPS) is 16.4. The summed E-state index contributed by atoms with van der Waals surface area (Å²) in [7, 11) is 0. The maximum Gasteiger partial charge on any atom is 0.137 e. The second-order valence-corrected chi connectivity index (χ2v) is 5.19. The molecule has 1 atom stereocenters. The van der Waals surface area contributed by atoms with Gasteiger partial charge in [-0.3, -0.25) is 0 Å². The molecule has 0 fully saturated rings. The van der Waals surface area contributed by atoms with Crippen molar-refractivity contribution < 1.29 is 13.9 Å². The van der Waals surface area contributed by atoms with E-state index in [1.807, 2.05) is 24.3 Å². The summed E-state index contributed by atoms with van der Waals surface area (Å²) in [5.41, 5.74) is 7.62. The van der Waals surface area contributed by atoms with Gasteiger partial charge in [0.05, 0.1) is 0 Å². The van der Waals surface area contributed by atoms with Crippen molar-refractivity contribution in [3.63, 3.8) is 0 Å². The number of fused-ring (bicyclic) bond motifs is 1. The van der Waals surface area contributed by atoms with Crippen LogP contribution in [-0.2, 0) is 12.8 Å². The fourth-order valence-corrected chi connectivity index (χ4v) is 2.53. The number of nitrogens with two attached hydrogens (primary N) is 1. The lowest BCUT2D eigenvalue weighted by molar-refractivity contribution is 0.148. The molecule has 0 saturated carbocycles. The van der Waals surface area contributed by atoms with Crippen molar-refractivity contribution in [1.82, 2.24) is 0 Å². The van der Waals surface area contributed by atoms with E-state index in [9.17, 15) is 4.39 Å². The first-order chi connectivity index (χ1) is 10.2. The smallest absolute Gasteiger partial charge is 0.137 e. The highest BCUT2D eigenvalue weighted by atomic mass is 19.1. The fraction of sp³-hybridized carbons (Fsp3) is 0.294. The number of benzene rings is 2. The van der Waals surface area contributed by atoms with Crippen LogP contribution in [0.2, 0.25) is 0 Å². The Morgan fingerprint density at radius 1 is 1.24 bits per heavy atom. The lowest BCUT2D eigenvalue weighted by atomic mass is 10.1. The van der Waals surface area contributed by atoms with Crippen LogP contribution in [0, 0.1) is 5.82 Å². The summed E-state index contributed by atoms with van der Waals surface area (Å²) in [5.74, 6) is 1.34. The Hall–Kier alpha value is -2.07. The molecule has 3 nitrogen and oxygen atoms in total. The van der Waals surface area contributed by atoms with E-state index in [-0.39, 0.29) is 11.9 Å². The van der Waals surface area contributed by atoms with Crippen molar-refractivity contribution in [1.29, 1.82) is 0 Å². The highest BCUT2D eigenvalue weighted by molar-refractivity contribution is 5.38. The van der Waals surface area contributed by atoms with Crippen molar-refractivity contribution in [2.45, 2.75) is 18.9 Å². The number of hydrogen-bond acceptors (Lipinski definition) is 3. The molecule has 2 aromatic rings. The Morgan fingerprint density at radius 3 is 3.00 bits per heavy atom. The van der Waals surface area contributed by atoms with Gasteiger partial charge in [0.1, 0.15) is 30.0 Å². The lowest BCUT2D eigenvalue weighted by Crippen LogP contribution is -2.22. The predicted octanol–water partition coefficient (Wildman–Crippen LogP) is 2.71. The zero-order valence-corrected chi connectivity index (χ0v) is 11.7. The van der Waals surface area contributed by atoms with Crippen LogP contribution in [0.5, 0.6) is 11.5 Å². The maximum absolute atomic E-state index is 13.2. The molecule has 1 aliphatic rings. The van der Waals surface area contributed by atoms with Gasteiger partial charge in [-0.1, -0.05) is 12.1 Å². The summed E-state index contributed by atoms with van der Waals surface area (Å²) in [4.78, 5) is 0. The Morgan fingerprint density at radius 2 is 2.14 bits per heavy atom. The second kappa shape index (κ2) is 6.14. The number of rotatable bonds is 5. The molecule has 4 heteroatoms. The van der Waals surface area contributed by atoms with E-state index >= 15 is 0 Å². The third-order valence-electron chi connectivity index (χ3n) is 3.53. The van der Waals surface area contributed by atoms with E-state index < -0.39 is 0 Å². The summed E-state index contributed by atoms with van der Waals surface area (Å²) < 4.78 is 24.7. The van der Waals surface area contributed by atoms with E-state index in [2.05, 4.69) is 0 Å². The average Bonchev–Trinajstić information content (AvgIpc) is 2.88. The first-order valence-corrected chi connectivity index (χ1v) is 7.11. The van der Waals surface area contributed by atoms with Gasteiger partial charge in [-0.05, 0) is 48.9 Å². The fourth-order valence-electron chi connectivity index (χ4n) is 2.53. The van der Waals surface area contributed by atoms with Crippen LogP contribution in [-0.4, -0.2) is 19.3 Å². The molecule has 0 spiro atoms. The van der Waals surface area contributed by atoms with Crippen molar-refractivity contribution in [2.75, 3.05) is 13.2 Å². The molecule has 0 radical (unpaired) electrons. The molecule has 0 bridgehead atoms. The van der Waals surface area contributed by atoms with Crippen molar-refractivity contribution >= 4 is 0 Å². The molecule has 0 amide bonds. The minimum atomic E-state index is -0.228. The minimum absolute atomic E-state index is 0.0695. The van der Waals surface area contributed by atoms with E-state index in [1.54, 1.807) is 6.07 Å². The van der Waals surface area contributed by atoms with Crippen LogP contribution in [0.1, 0.15) is 11.1 Å². The van der Waals surface area contributed by atoms with Crippen LogP contribution in [0.25, 0.3) is 0 Å². The van der Waals surface area contributed by atoms with Gasteiger partial charge in [0.2, 0.25) is 0 Å². The zero-order valence-electron chi connectivity index (χ0n) is 11.7. The van der Waals surface area contributed by atoms with Crippen LogP contribution in [0.4, 0.5) is 4.39 Å². The van der Waals surface area contributed by atoms with Crippen molar-refractivity contribution in [2.24, 2.45) is 5.73 Å². The number of hydrogen-bond donors (Lipinski definition) is 1. The SMILES string of the molecule is NCCc1cccc(OCC2Cc3cc(F)ccc3O2)c1. The largest absolute Gasteiger partial charge is 0.490 e. The average molecular weight is 287 g/mol. The van der Waals surface area contributed by atoms with E-state index in [0.717, 1.165) is 29.0 Å². The first kappa shape index (κ1) is 13.9. The van der Waals surface area contributed by atoms with Crippen molar-refractivity contribution in [3.8, 4) is 11.5 Å². The standard InChI is InChI=1S/C17H18FNO2/c18-14-4-5-17-13(9-14)10-16(21-17)11-20-15-3-1-2-12(8-15)6-7-19/h1-5,8-9,16H,6-7,10-11,19H2. The molecular formula is C17H18FNO2. The third-order valence-corrected chi connectivity index (χ3v) is 3.53. The minimum Gasteiger partial charge on any atom is -0.490 e. The van der Waals surface area contributed by atoms with Gasteiger partial charge in [-0.25, -0.2) is 4.39 Å². The Kier molecular flexibility index (Phi) is 4.06. The lowest BCUT2D eigenvalue weighted by Gasteiger charge is -2.13. The summed E-state index contributed by atoms with van der Waals surface area (Å²) in [6.07, 6.45) is 1.44. The van der Waals surface area contributed by atoms with Gasteiger partial charge in [0.25, 0.3) is 0 Å². The topological polar surface area (TPSA) is 44.5 Å². The van der Waals surface area contributed by atoms with Gasteiger partial charge in [0.15, 0.2) is 0 Å². The molecule has 3 rings (SSSR count). The van der Waals surface area contributed by atoms with Gasteiger partial charge < -0.3 is 15.2 Å². The maximum atomic E-state index is 13.2. The molecule has 21 heavy (non-hydrogen) atoms. The van der Waals surface area contributed by atoms with Gasteiger partial charge >= 0.3 is 0 Å². The van der Waals surface area contributed by atoms with Gasteiger partial charge in [-0.15, -0.1) is 0 Å². The van der Waals surface area contributed by atoms with Crippen LogP contribution < -0.4 is 15.2 Å². The highest BCUT2D eigenvalue weighted by Gasteiger charge is 2.23. The van der Waals surface area contributed by atoms with E-state index in [4.69, 9.17) is 15.2 Å². The highest BCUT2D eigenvalue weighted by Crippen LogP contribution is 2.29. The molecule has 2 aromatic carbocycles. The summed E-state index contributed by atoms with van der Waals surface area (Å²) in [6, 6.07) is 12.5. The van der Waals surface area contributed by atoms with Crippen LogP contribution in [0.15, 0.2) is 42.5 Å². The number of halogens is 1. The molecule has 0 aliphatic carbocycles. The van der Waals surface area contributed by atoms with Gasteiger partial charge in [0, 0.05) is 12.0 Å². The number of ether oxygens (including phenoxy) is 2. The third kappa shape index (κ3) is 3.34. The molecule has 1 unspecified atom stereocenters. The Balaban J connectivity index is 1.58. The van der Waals surface area contributed by atoms with Gasteiger partial charge in [-0.2, -0.15) is 0 Å². The van der Waals surface area contributed by atoms with Crippen LogP contribution in [0.3, 0.4) is 0 Å². The van der Waals surface area contributed by atoms with E-state index in [1.165, 1.54) is 12.1 Å². The quantitative estimate of drug-likeness (QED) is 0.919. The Labute approximate surface area is 123 Å². The summed E-state index contributed by atoms with van der Waals surface area (Å²) >= 11 is 0. The van der Waals surface area contributed by atoms with Crippen molar-refractivity contribution in [3.05, 3.63) is 59.4 Å². The van der Waals surface area contributed by atoms with Crippen LogP contribution >= 0.6 is 0 Å². The molecule has 110 valence electrons. The summed E-state index contributed by atoms with van der Waals surface area (Å²) in [6.45, 7) is 1.07. The van der Waals surface area contributed by atoms with E-state index in [0.29, 0.717) is 19.6 Å². The molecule has 1 aliphatic heterocycles. The predicted molar refractivity (Wildman–Crippen MR) is 79.2 cm³/mol. The molecule has 1 heterocycles. The molecule has 2 N–H and O–H groups in total.